The van der Waals surface area contributed by atoms with Gasteiger partial charge < -0.3 is 18.9 Å². The fraction of sp³-hybridized carbons (Fsp3) is 0.600. The molecule has 0 aromatic heterocycles. The monoisotopic (exact) mass is 558 g/mol. The fourth-order valence-corrected chi connectivity index (χ4v) is 6.98. The lowest BCUT2D eigenvalue weighted by Crippen LogP contribution is -2.56. The van der Waals surface area contributed by atoms with E-state index in [4.69, 9.17) is 28.9 Å². The van der Waals surface area contributed by atoms with Gasteiger partial charge in [0.1, 0.15) is 24.7 Å². The molecule has 0 unspecified atom stereocenters. The van der Waals surface area contributed by atoms with Crippen LogP contribution < -0.4 is 9.47 Å². The third kappa shape index (κ3) is 4.81. The summed E-state index contributed by atoms with van der Waals surface area (Å²) in [5.41, 5.74) is 6.16. The number of rotatable bonds is 4. The van der Waals surface area contributed by atoms with Crippen molar-refractivity contribution in [1.82, 2.24) is 0 Å². The van der Waals surface area contributed by atoms with Crippen LogP contribution >= 0.6 is 0 Å². The molecule has 2 aromatic carbocycles. The van der Waals surface area contributed by atoms with Gasteiger partial charge in [0.15, 0.2) is 0 Å². The number of nitrogens with zero attached hydrogens (tertiary/aromatic N) is 2. The summed E-state index contributed by atoms with van der Waals surface area (Å²) in [6.45, 7) is 23.4. The van der Waals surface area contributed by atoms with E-state index in [1.165, 1.54) is 22.3 Å². The molecular formula is C35H46N2O4. The predicted molar refractivity (Wildman–Crippen MR) is 164 cm³/mol. The number of fused-ring (bicyclic) bond motifs is 2. The van der Waals surface area contributed by atoms with E-state index < -0.39 is 5.79 Å². The minimum atomic E-state index is -0.867. The zero-order valence-corrected chi connectivity index (χ0v) is 26.5. The summed E-state index contributed by atoms with van der Waals surface area (Å²) >= 11 is 0. The SMILES string of the molecule is Cc1cc(C2=N[C@@H](C(C)C)CO2)c2c(c1)C(C)(C)CC1(CC(C)(C)c3cc(C)cc(C4=N[C@@H](C(C)C)CO4)c3O1)O2. The van der Waals surface area contributed by atoms with E-state index in [2.05, 4.69) is 93.5 Å². The van der Waals surface area contributed by atoms with Crippen molar-refractivity contribution in [3.05, 3.63) is 57.6 Å². The largest absolute Gasteiger partial charge is 0.475 e. The lowest BCUT2D eigenvalue weighted by Gasteiger charge is -2.52. The summed E-state index contributed by atoms with van der Waals surface area (Å²) in [4.78, 5) is 9.98. The molecule has 4 aliphatic rings. The average Bonchev–Trinajstić information content (AvgIpc) is 3.54. The second kappa shape index (κ2) is 9.50. The molecule has 6 rings (SSSR count). The molecular weight excluding hydrogens is 512 g/mol. The Labute approximate surface area is 245 Å². The molecule has 4 aliphatic heterocycles. The molecule has 6 heteroatoms. The summed E-state index contributed by atoms with van der Waals surface area (Å²) in [6, 6.07) is 9.11. The molecule has 0 aliphatic carbocycles. The normalized spacial score (nSPS) is 25.1. The molecule has 220 valence electrons. The van der Waals surface area contributed by atoms with Crippen molar-refractivity contribution in [2.75, 3.05) is 13.2 Å². The Balaban J connectivity index is 1.48. The van der Waals surface area contributed by atoms with Crippen LogP contribution in [0.15, 0.2) is 34.3 Å². The highest BCUT2D eigenvalue weighted by Crippen LogP contribution is 2.55. The summed E-state index contributed by atoms with van der Waals surface area (Å²) in [5.74, 6) is 2.97. The van der Waals surface area contributed by atoms with Gasteiger partial charge in [0.2, 0.25) is 11.8 Å². The highest BCUT2D eigenvalue weighted by Gasteiger charge is 2.55. The van der Waals surface area contributed by atoms with Crippen LogP contribution in [0.25, 0.3) is 0 Å². The Bertz CT molecular complexity index is 1340. The summed E-state index contributed by atoms with van der Waals surface area (Å²) < 4.78 is 26.7. The van der Waals surface area contributed by atoms with Crippen LogP contribution in [0.5, 0.6) is 11.5 Å². The molecule has 0 saturated heterocycles. The minimum Gasteiger partial charge on any atom is -0.475 e. The van der Waals surface area contributed by atoms with Crippen LogP contribution in [0.4, 0.5) is 0 Å². The Kier molecular flexibility index (Phi) is 6.52. The first-order valence-corrected chi connectivity index (χ1v) is 15.3. The summed E-state index contributed by atoms with van der Waals surface area (Å²) in [7, 11) is 0. The second-order valence-corrected chi connectivity index (χ2v) is 14.7. The average molecular weight is 559 g/mol. The maximum Gasteiger partial charge on any atom is 0.253 e. The number of aliphatic imine (C=N–C) groups is 2. The zero-order valence-electron chi connectivity index (χ0n) is 26.5. The van der Waals surface area contributed by atoms with Gasteiger partial charge in [0.05, 0.1) is 23.2 Å². The minimum absolute atomic E-state index is 0.149. The van der Waals surface area contributed by atoms with Gasteiger partial charge in [0, 0.05) is 34.8 Å². The van der Waals surface area contributed by atoms with Crippen molar-refractivity contribution in [1.29, 1.82) is 0 Å². The van der Waals surface area contributed by atoms with Crippen molar-refractivity contribution >= 4 is 11.8 Å². The van der Waals surface area contributed by atoms with Crippen LogP contribution in [0.2, 0.25) is 0 Å². The number of benzene rings is 2. The molecule has 2 aromatic rings. The van der Waals surface area contributed by atoms with Gasteiger partial charge in [-0.1, -0.05) is 67.5 Å². The zero-order chi connectivity index (χ0) is 29.5. The number of hydrogen-bond acceptors (Lipinski definition) is 6. The smallest absolute Gasteiger partial charge is 0.253 e. The van der Waals surface area contributed by atoms with Crippen LogP contribution in [0, 0.1) is 25.7 Å². The van der Waals surface area contributed by atoms with E-state index in [0.717, 1.165) is 35.5 Å². The van der Waals surface area contributed by atoms with Crippen LogP contribution in [-0.4, -0.2) is 42.9 Å². The molecule has 0 radical (unpaired) electrons. The molecule has 2 atom stereocenters. The van der Waals surface area contributed by atoms with Gasteiger partial charge in [-0.05, 0) is 48.9 Å². The standard InChI is InChI=1S/C35H46N2O4/c1-19(2)27-15-38-31(36-27)23-11-21(5)13-25-29(23)40-35(17-33(25,7)8)18-34(9,10)26-14-22(6)12-24(30(26)41-35)32-37-28(16-39-32)20(3)4/h11-14,19-20,27-28H,15-18H2,1-10H3/t27-,28-,35?/m1/s1. The topological polar surface area (TPSA) is 61.6 Å². The molecule has 1 spiro atoms. The molecule has 0 fully saturated rings. The number of hydrogen-bond donors (Lipinski definition) is 0. The van der Waals surface area contributed by atoms with E-state index in [-0.39, 0.29) is 22.9 Å². The van der Waals surface area contributed by atoms with Gasteiger partial charge >= 0.3 is 0 Å². The lowest BCUT2D eigenvalue weighted by atomic mass is 9.68. The lowest BCUT2D eigenvalue weighted by molar-refractivity contribution is -0.166. The first kappa shape index (κ1) is 28.1. The van der Waals surface area contributed by atoms with Gasteiger partial charge in [-0.15, -0.1) is 0 Å². The maximum absolute atomic E-state index is 7.13. The van der Waals surface area contributed by atoms with Crippen LogP contribution in [0.1, 0.15) is 102 Å². The third-order valence-electron chi connectivity index (χ3n) is 9.27. The quantitative estimate of drug-likeness (QED) is 0.392. The first-order chi connectivity index (χ1) is 19.2. The van der Waals surface area contributed by atoms with Crippen LogP contribution in [0.3, 0.4) is 0 Å². The molecule has 41 heavy (non-hydrogen) atoms. The Hall–Kier alpha value is -3.02. The molecule has 4 heterocycles. The number of aryl methyl sites for hydroxylation is 2. The highest BCUT2D eigenvalue weighted by molar-refractivity contribution is 5.99. The number of ether oxygens (including phenoxy) is 4. The molecule has 0 N–H and O–H groups in total. The predicted octanol–water partition coefficient (Wildman–Crippen LogP) is 7.42. The highest BCUT2D eigenvalue weighted by atomic mass is 16.7. The van der Waals surface area contributed by atoms with Gasteiger partial charge in [-0.25, -0.2) is 9.98 Å². The van der Waals surface area contributed by atoms with E-state index in [9.17, 15) is 0 Å². The van der Waals surface area contributed by atoms with Gasteiger partial charge in [0.25, 0.3) is 5.79 Å². The Morgan fingerprint density at radius 1 is 0.659 bits per heavy atom. The molecule has 0 saturated carbocycles. The fourth-order valence-electron chi connectivity index (χ4n) is 6.98. The summed E-state index contributed by atoms with van der Waals surface area (Å²) in [5, 5.41) is 0. The Morgan fingerprint density at radius 2 is 1.05 bits per heavy atom. The van der Waals surface area contributed by atoms with Crippen molar-refractivity contribution in [2.45, 2.75) is 111 Å². The van der Waals surface area contributed by atoms with Crippen molar-refractivity contribution in [3.8, 4) is 11.5 Å². The molecule has 6 nitrogen and oxygen atoms in total. The van der Waals surface area contributed by atoms with E-state index in [0.29, 0.717) is 36.8 Å². The molecule has 0 bridgehead atoms. The van der Waals surface area contributed by atoms with Crippen molar-refractivity contribution in [3.63, 3.8) is 0 Å². The van der Waals surface area contributed by atoms with Gasteiger partial charge in [-0.2, -0.15) is 0 Å². The van der Waals surface area contributed by atoms with E-state index in [1.807, 2.05) is 0 Å². The second-order valence-electron chi connectivity index (χ2n) is 14.7. The molecule has 0 amide bonds. The van der Waals surface area contributed by atoms with Crippen molar-refractivity contribution < 1.29 is 18.9 Å². The maximum atomic E-state index is 7.13. The third-order valence-corrected chi connectivity index (χ3v) is 9.27. The Morgan fingerprint density at radius 3 is 1.39 bits per heavy atom. The van der Waals surface area contributed by atoms with Crippen molar-refractivity contribution in [2.24, 2.45) is 21.8 Å². The van der Waals surface area contributed by atoms with E-state index >= 15 is 0 Å². The van der Waals surface area contributed by atoms with E-state index in [1.54, 1.807) is 0 Å². The van der Waals surface area contributed by atoms with Crippen LogP contribution in [-0.2, 0) is 20.3 Å². The van der Waals surface area contributed by atoms with Gasteiger partial charge in [-0.3, -0.25) is 0 Å². The first-order valence-electron chi connectivity index (χ1n) is 15.3. The summed E-state index contributed by atoms with van der Waals surface area (Å²) in [6.07, 6.45) is 1.44.